The van der Waals surface area contributed by atoms with Crippen LogP contribution in [0, 0.1) is 13.8 Å². The van der Waals surface area contributed by atoms with Crippen LogP contribution in [0.4, 0.5) is 0 Å². The third-order valence-corrected chi connectivity index (χ3v) is 4.27. The van der Waals surface area contributed by atoms with E-state index in [4.69, 9.17) is 9.47 Å². The van der Waals surface area contributed by atoms with Crippen LogP contribution in [0.5, 0.6) is 5.75 Å². The van der Waals surface area contributed by atoms with Crippen molar-refractivity contribution in [1.82, 2.24) is 15.1 Å². The Kier molecular flexibility index (Phi) is 5.71. The molecular weight excluding hydrogens is 318 g/mol. The summed E-state index contributed by atoms with van der Waals surface area (Å²) in [6.07, 6.45) is 2.40. The van der Waals surface area contributed by atoms with E-state index in [-0.39, 0.29) is 18.6 Å². The zero-order valence-corrected chi connectivity index (χ0v) is 14.8. The Hall–Kier alpha value is -2.34. The Labute approximate surface area is 148 Å². The summed E-state index contributed by atoms with van der Waals surface area (Å²) in [6, 6.07) is 9.75. The minimum Gasteiger partial charge on any atom is -0.491 e. The van der Waals surface area contributed by atoms with Crippen molar-refractivity contribution in [2.75, 3.05) is 13.2 Å². The van der Waals surface area contributed by atoms with Crippen LogP contribution in [0.3, 0.4) is 0 Å². The maximum atomic E-state index is 12.1. The molecule has 1 N–H and O–H groups in total. The summed E-state index contributed by atoms with van der Waals surface area (Å²) in [4.78, 5) is 12.1. The third kappa shape index (κ3) is 5.06. The van der Waals surface area contributed by atoms with Crippen LogP contribution >= 0.6 is 0 Å². The Morgan fingerprint density at radius 1 is 1.36 bits per heavy atom. The second kappa shape index (κ2) is 8.16. The minimum absolute atomic E-state index is 0.0510. The van der Waals surface area contributed by atoms with Crippen molar-refractivity contribution in [2.45, 2.75) is 45.9 Å². The summed E-state index contributed by atoms with van der Waals surface area (Å²) in [6.45, 7) is 6.03. The summed E-state index contributed by atoms with van der Waals surface area (Å²) in [5.74, 6) is 0.776. The molecule has 1 aliphatic heterocycles. The number of amides is 1. The molecule has 0 spiro atoms. The first kappa shape index (κ1) is 17.5. The van der Waals surface area contributed by atoms with E-state index in [0.29, 0.717) is 13.2 Å². The quantitative estimate of drug-likeness (QED) is 0.838. The van der Waals surface area contributed by atoms with Gasteiger partial charge in [0.15, 0.2) is 0 Å². The highest BCUT2D eigenvalue weighted by Crippen LogP contribution is 2.16. The first-order valence-corrected chi connectivity index (χ1v) is 8.71. The van der Waals surface area contributed by atoms with Gasteiger partial charge in [-0.25, -0.2) is 0 Å². The molecular formula is C19H25N3O3. The molecule has 0 saturated carbocycles. The Morgan fingerprint density at radius 3 is 2.80 bits per heavy atom. The third-order valence-electron chi connectivity index (χ3n) is 4.27. The summed E-state index contributed by atoms with van der Waals surface area (Å²) >= 11 is 0. The minimum atomic E-state index is -0.0510. The predicted molar refractivity (Wildman–Crippen MR) is 94.5 cm³/mol. The monoisotopic (exact) mass is 343 g/mol. The number of ether oxygens (including phenoxy) is 2. The first-order chi connectivity index (χ1) is 12.1. The number of nitrogens with one attached hydrogen (secondary N) is 1. The van der Waals surface area contributed by atoms with Crippen molar-refractivity contribution in [3.63, 3.8) is 0 Å². The van der Waals surface area contributed by atoms with Crippen LogP contribution < -0.4 is 10.1 Å². The predicted octanol–water partition coefficient (Wildman–Crippen LogP) is 2.37. The van der Waals surface area contributed by atoms with Gasteiger partial charge >= 0.3 is 0 Å². The molecule has 134 valence electrons. The van der Waals surface area contributed by atoms with E-state index in [1.165, 1.54) is 0 Å². The molecule has 3 rings (SSSR count). The van der Waals surface area contributed by atoms with Gasteiger partial charge in [-0.3, -0.25) is 9.48 Å². The zero-order valence-electron chi connectivity index (χ0n) is 14.8. The smallest absolute Gasteiger partial charge is 0.242 e. The molecule has 1 amide bonds. The number of carbonyl (C=O) groups is 1. The van der Waals surface area contributed by atoms with Gasteiger partial charge in [-0.2, -0.15) is 5.10 Å². The van der Waals surface area contributed by atoms with Crippen LogP contribution in [0.15, 0.2) is 30.3 Å². The van der Waals surface area contributed by atoms with Crippen LogP contribution in [-0.2, 0) is 22.6 Å². The van der Waals surface area contributed by atoms with Gasteiger partial charge in [0, 0.05) is 18.8 Å². The van der Waals surface area contributed by atoms with E-state index in [0.717, 1.165) is 42.1 Å². The van der Waals surface area contributed by atoms with Crippen molar-refractivity contribution in [3.05, 3.63) is 47.3 Å². The van der Waals surface area contributed by atoms with Gasteiger partial charge in [0.05, 0.1) is 11.8 Å². The summed E-state index contributed by atoms with van der Waals surface area (Å²) in [5.41, 5.74) is 2.94. The normalized spacial score (nSPS) is 16.8. The van der Waals surface area contributed by atoms with Gasteiger partial charge in [0.2, 0.25) is 5.91 Å². The number of nitrogens with zero attached hydrogens (tertiary/aromatic N) is 2. The molecule has 0 bridgehead atoms. The summed E-state index contributed by atoms with van der Waals surface area (Å²) in [5, 5.41) is 7.22. The molecule has 25 heavy (non-hydrogen) atoms. The van der Waals surface area contributed by atoms with E-state index in [1.54, 1.807) is 4.68 Å². The fourth-order valence-corrected chi connectivity index (χ4v) is 2.90. The van der Waals surface area contributed by atoms with Gasteiger partial charge in [-0.05, 0) is 50.5 Å². The Morgan fingerprint density at radius 2 is 2.16 bits per heavy atom. The number of hydrogen-bond acceptors (Lipinski definition) is 4. The molecule has 1 saturated heterocycles. The number of carbonyl (C=O) groups excluding carboxylic acids is 1. The maximum absolute atomic E-state index is 12.1. The van der Waals surface area contributed by atoms with E-state index < -0.39 is 0 Å². The van der Waals surface area contributed by atoms with Gasteiger partial charge in [-0.1, -0.05) is 12.1 Å². The molecule has 1 fully saturated rings. The fourth-order valence-electron chi connectivity index (χ4n) is 2.90. The average Bonchev–Trinajstić information content (AvgIpc) is 3.22. The summed E-state index contributed by atoms with van der Waals surface area (Å²) in [7, 11) is 0. The second-order valence-corrected chi connectivity index (χ2v) is 6.45. The molecule has 6 heteroatoms. The van der Waals surface area contributed by atoms with Crippen molar-refractivity contribution in [1.29, 1.82) is 0 Å². The SMILES string of the molecule is Cc1cc(C)n(CC(=O)NCc2ccc(OC[C@H]3CCCO3)cc2)n1. The molecule has 1 atom stereocenters. The molecule has 2 aromatic rings. The van der Waals surface area contributed by atoms with Gasteiger partial charge in [-0.15, -0.1) is 0 Å². The van der Waals surface area contributed by atoms with E-state index >= 15 is 0 Å². The van der Waals surface area contributed by atoms with Gasteiger partial charge in [0.1, 0.15) is 18.9 Å². The second-order valence-electron chi connectivity index (χ2n) is 6.45. The van der Waals surface area contributed by atoms with Gasteiger partial charge < -0.3 is 14.8 Å². The fraction of sp³-hybridized carbons (Fsp3) is 0.474. The molecule has 2 heterocycles. The Bertz CT molecular complexity index is 703. The first-order valence-electron chi connectivity index (χ1n) is 8.71. The highest BCUT2D eigenvalue weighted by Gasteiger charge is 2.15. The summed E-state index contributed by atoms with van der Waals surface area (Å²) < 4.78 is 13.0. The lowest BCUT2D eigenvalue weighted by molar-refractivity contribution is -0.122. The molecule has 0 unspecified atom stereocenters. The lowest BCUT2D eigenvalue weighted by Crippen LogP contribution is -2.27. The van der Waals surface area contributed by atoms with Crippen LogP contribution in [0.25, 0.3) is 0 Å². The standard InChI is InChI=1S/C19H25N3O3/c1-14-10-15(2)22(21-14)12-19(23)20-11-16-5-7-17(8-6-16)25-13-18-4-3-9-24-18/h5-8,10,18H,3-4,9,11-13H2,1-2H3,(H,20,23)/t18-/m1/s1. The van der Waals surface area contributed by atoms with E-state index in [2.05, 4.69) is 10.4 Å². The molecule has 1 aromatic heterocycles. The molecule has 1 aliphatic rings. The average molecular weight is 343 g/mol. The topological polar surface area (TPSA) is 65.4 Å². The molecule has 0 radical (unpaired) electrons. The van der Waals surface area contributed by atoms with E-state index in [1.807, 2.05) is 44.2 Å². The van der Waals surface area contributed by atoms with Crippen molar-refractivity contribution < 1.29 is 14.3 Å². The number of benzene rings is 1. The highest BCUT2D eigenvalue weighted by molar-refractivity contribution is 5.75. The van der Waals surface area contributed by atoms with Crippen molar-refractivity contribution in [3.8, 4) is 5.75 Å². The Balaban J connectivity index is 1.43. The van der Waals surface area contributed by atoms with Crippen LogP contribution in [-0.4, -0.2) is 35.0 Å². The van der Waals surface area contributed by atoms with Gasteiger partial charge in [0.25, 0.3) is 0 Å². The lowest BCUT2D eigenvalue weighted by Gasteiger charge is -2.12. The number of hydrogen-bond donors (Lipinski definition) is 1. The highest BCUT2D eigenvalue weighted by atomic mass is 16.5. The zero-order chi connectivity index (χ0) is 17.6. The molecule has 1 aromatic carbocycles. The van der Waals surface area contributed by atoms with Crippen LogP contribution in [0.1, 0.15) is 29.8 Å². The lowest BCUT2D eigenvalue weighted by atomic mass is 10.2. The maximum Gasteiger partial charge on any atom is 0.242 e. The number of aromatic nitrogens is 2. The van der Waals surface area contributed by atoms with Crippen molar-refractivity contribution in [2.24, 2.45) is 0 Å². The largest absolute Gasteiger partial charge is 0.491 e. The number of rotatable bonds is 7. The molecule has 0 aliphatic carbocycles. The number of aryl methyl sites for hydroxylation is 2. The van der Waals surface area contributed by atoms with E-state index in [9.17, 15) is 4.79 Å². The van der Waals surface area contributed by atoms with Crippen molar-refractivity contribution >= 4 is 5.91 Å². The molecule has 6 nitrogen and oxygen atoms in total. The van der Waals surface area contributed by atoms with Crippen LogP contribution in [0.2, 0.25) is 0 Å².